The summed E-state index contributed by atoms with van der Waals surface area (Å²) in [7, 11) is 0. The van der Waals surface area contributed by atoms with Gasteiger partial charge in [-0.3, -0.25) is 0 Å². The van der Waals surface area contributed by atoms with E-state index in [4.69, 9.17) is 5.73 Å². The Morgan fingerprint density at radius 3 is 2.25 bits per heavy atom. The van der Waals surface area contributed by atoms with Crippen molar-refractivity contribution in [1.29, 1.82) is 0 Å². The first-order valence-electron chi connectivity index (χ1n) is 6.10. The number of hydrogen-bond donors (Lipinski definition) is 2. The summed E-state index contributed by atoms with van der Waals surface area (Å²) in [6.45, 7) is 0. The van der Waals surface area contributed by atoms with E-state index < -0.39 is 29.7 Å². The lowest BCUT2D eigenvalue weighted by Crippen LogP contribution is -2.36. The molecule has 1 saturated carbocycles. The average molecular weight is 314 g/mol. The first-order chi connectivity index (χ1) is 8.79. The van der Waals surface area contributed by atoms with Crippen LogP contribution in [0.3, 0.4) is 0 Å². The molecular formula is C13H16ClF4NO. The molecule has 2 rings (SSSR count). The van der Waals surface area contributed by atoms with Crippen molar-refractivity contribution in [3.05, 3.63) is 35.1 Å². The van der Waals surface area contributed by atoms with Gasteiger partial charge in [-0.15, -0.1) is 12.4 Å². The maximum atomic E-state index is 13.2. The van der Waals surface area contributed by atoms with Crippen LogP contribution in [0.25, 0.3) is 0 Å². The standard InChI is InChI=1S/C13H15F4NO.ClH/c14-10-5-8(4-9(6-10)13(15,16)17)11(18)12(19)7-2-1-3-7;/h4-7,11-12,19H,1-3,18H2;1H/t11-,12+;/m0./s1. The normalized spacial score (nSPS) is 18.9. The quantitative estimate of drug-likeness (QED) is 0.840. The van der Waals surface area contributed by atoms with Gasteiger partial charge < -0.3 is 10.8 Å². The highest BCUT2D eigenvalue weighted by Gasteiger charge is 2.34. The molecule has 0 aromatic heterocycles. The molecule has 3 N–H and O–H groups in total. The first-order valence-corrected chi connectivity index (χ1v) is 6.10. The zero-order valence-electron chi connectivity index (χ0n) is 10.5. The predicted molar refractivity (Wildman–Crippen MR) is 68.9 cm³/mol. The van der Waals surface area contributed by atoms with Crippen molar-refractivity contribution in [2.75, 3.05) is 0 Å². The van der Waals surface area contributed by atoms with Gasteiger partial charge in [0.15, 0.2) is 0 Å². The molecule has 2 atom stereocenters. The van der Waals surface area contributed by atoms with Crippen LogP contribution in [0.1, 0.15) is 36.4 Å². The summed E-state index contributed by atoms with van der Waals surface area (Å²) in [5.41, 5.74) is 4.64. The van der Waals surface area contributed by atoms with Crippen LogP contribution in [-0.2, 0) is 6.18 Å². The summed E-state index contributed by atoms with van der Waals surface area (Å²) < 4.78 is 51.0. The molecule has 0 saturated heterocycles. The van der Waals surface area contributed by atoms with Crippen LogP contribution < -0.4 is 5.73 Å². The van der Waals surface area contributed by atoms with Crippen LogP contribution in [0.15, 0.2) is 18.2 Å². The molecule has 0 heterocycles. The second-order valence-corrected chi connectivity index (χ2v) is 4.98. The van der Waals surface area contributed by atoms with Gasteiger partial charge in [0.1, 0.15) is 5.82 Å². The fraction of sp³-hybridized carbons (Fsp3) is 0.538. The summed E-state index contributed by atoms with van der Waals surface area (Å²) in [4.78, 5) is 0. The van der Waals surface area contributed by atoms with Crippen molar-refractivity contribution < 1.29 is 22.7 Å². The van der Waals surface area contributed by atoms with Gasteiger partial charge in [-0.25, -0.2) is 4.39 Å². The van der Waals surface area contributed by atoms with Gasteiger partial charge >= 0.3 is 6.18 Å². The molecule has 1 fully saturated rings. The number of hydrogen-bond acceptors (Lipinski definition) is 2. The molecule has 1 aromatic carbocycles. The van der Waals surface area contributed by atoms with Crippen LogP contribution in [0.5, 0.6) is 0 Å². The molecule has 1 aliphatic rings. The molecule has 0 aliphatic heterocycles. The van der Waals surface area contributed by atoms with E-state index in [1.165, 1.54) is 0 Å². The number of nitrogens with two attached hydrogens (primary N) is 1. The van der Waals surface area contributed by atoms with E-state index >= 15 is 0 Å². The number of aliphatic hydroxyl groups excluding tert-OH is 1. The lowest BCUT2D eigenvalue weighted by Gasteiger charge is -2.34. The monoisotopic (exact) mass is 313 g/mol. The lowest BCUT2D eigenvalue weighted by molar-refractivity contribution is -0.137. The maximum Gasteiger partial charge on any atom is 0.416 e. The predicted octanol–water partition coefficient (Wildman–Crippen LogP) is 3.43. The van der Waals surface area contributed by atoms with E-state index in [9.17, 15) is 22.7 Å². The fourth-order valence-corrected chi connectivity index (χ4v) is 2.24. The molecule has 0 radical (unpaired) electrons. The highest BCUT2D eigenvalue weighted by Crippen LogP contribution is 2.36. The minimum absolute atomic E-state index is 0. The minimum Gasteiger partial charge on any atom is -0.391 e. The van der Waals surface area contributed by atoms with E-state index in [-0.39, 0.29) is 23.9 Å². The molecule has 0 amide bonds. The Labute approximate surface area is 120 Å². The van der Waals surface area contributed by atoms with Crippen molar-refractivity contribution in [3.63, 3.8) is 0 Å². The van der Waals surface area contributed by atoms with Gasteiger partial charge in [-0.1, -0.05) is 6.42 Å². The Bertz CT molecular complexity index is 462. The summed E-state index contributed by atoms with van der Waals surface area (Å²) in [5, 5.41) is 9.95. The van der Waals surface area contributed by atoms with Crippen LogP contribution in [0.2, 0.25) is 0 Å². The maximum absolute atomic E-state index is 13.2. The van der Waals surface area contributed by atoms with E-state index in [2.05, 4.69) is 0 Å². The van der Waals surface area contributed by atoms with Gasteiger partial charge in [-0.2, -0.15) is 13.2 Å². The Balaban J connectivity index is 0.00000200. The zero-order chi connectivity index (χ0) is 14.2. The number of halogens is 5. The third kappa shape index (κ3) is 3.62. The van der Waals surface area contributed by atoms with E-state index in [1.807, 2.05) is 0 Å². The van der Waals surface area contributed by atoms with Crippen molar-refractivity contribution in [3.8, 4) is 0 Å². The summed E-state index contributed by atoms with van der Waals surface area (Å²) in [6.07, 6.45) is -2.98. The Morgan fingerprint density at radius 2 is 1.80 bits per heavy atom. The minimum atomic E-state index is -4.63. The lowest BCUT2D eigenvalue weighted by atomic mass is 9.77. The van der Waals surface area contributed by atoms with E-state index in [0.29, 0.717) is 6.07 Å². The molecule has 1 aromatic rings. The Morgan fingerprint density at radius 1 is 1.20 bits per heavy atom. The third-order valence-electron chi connectivity index (χ3n) is 3.63. The van der Waals surface area contributed by atoms with Crippen LogP contribution in [-0.4, -0.2) is 11.2 Å². The number of alkyl halides is 3. The van der Waals surface area contributed by atoms with Gasteiger partial charge in [-0.05, 0) is 42.5 Å². The number of rotatable bonds is 3. The summed E-state index contributed by atoms with van der Waals surface area (Å²) >= 11 is 0. The number of benzene rings is 1. The van der Waals surface area contributed by atoms with Crippen LogP contribution in [0, 0.1) is 11.7 Å². The molecular weight excluding hydrogens is 298 g/mol. The molecule has 2 nitrogen and oxygen atoms in total. The highest BCUT2D eigenvalue weighted by molar-refractivity contribution is 5.85. The van der Waals surface area contributed by atoms with Gasteiger partial charge in [0.2, 0.25) is 0 Å². The Hall–Kier alpha value is -0.850. The molecule has 20 heavy (non-hydrogen) atoms. The highest BCUT2D eigenvalue weighted by atomic mass is 35.5. The molecule has 7 heteroatoms. The molecule has 114 valence electrons. The topological polar surface area (TPSA) is 46.2 Å². The SMILES string of the molecule is Cl.N[C@@H](c1cc(F)cc(C(F)(F)F)c1)[C@H](O)C1CCC1. The fourth-order valence-electron chi connectivity index (χ4n) is 2.24. The summed E-state index contributed by atoms with van der Waals surface area (Å²) in [5.74, 6) is -1.01. The van der Waals surface area contributed by atoms with Crippen molar-refractivity contribution in [1.82, 2.24) is 0 Å². The second-order valence-electron chi connectivity index (χ2n) is 4.98. The number of aliphatic hydroxyl groups is 1. The average Bonchev–Trinajstić information content (AvgIpc) is 2.23. The van der Waals surface area contributed by atoms with Gasteiger partial charge in [0.05, 0.1) is 17.7 Å². The zero-order valence-corrected chi connectivity index (χ0v) is 11.3. The smallest absolute Gasteiger partial charge is 0.391 e. The van der Waals surface area contributed by atoms with Crippen molar-refractivity contribution in [2.24, 2.45) is 11.7 Å². The summed E-state index contributed by atoms with van der Waals surface area (Å²) in [6, 6.07) is 1.17. The molecule has 0 unspecified atom stereocenters. The van der Waals surface area contributed by atoms with Crippen LogP contribution >= 0.6 is 12.4 Å². The van der Waals surface area contributed by atoms with Gasteiger partial charge in [0.25, 0.3) is 0 Å². The van der Waals surface area contributed by atoms with Crippen LogP contribution in [0.4, 0.5) is 17.6 Å². The largest absolute Gasteiger partial charge is 0.416 e. The molecule has 0 bridgehead atoms. The van der Waals surface area contributed by atoms with E-state index in [0.717, 1.165) is 31.4 Å². The van der Waals surface area contributed by atoms with Crippen molar-refractivity contribution in [2.45, 2.75) is 37.6 Å². The van der Waals surface area contributed by atoms with E-state index in [1.54, 1.807) is 0 Å². The molecule has 1 aliphatic carbocycles. The molecule has 0 spiro atoms. The third-order valence-corrected chi connectivity index (χ3v) is 3.63. The second kappa shape index (κ2) is 6.28. The van der Waals surface area contributed by atoms with Gasteiger partial charge in [0, 0.05) is 0 Å². The first kappa shape index (κ1) is 17.2. The Kier molecular flexibility index (Phi) is 5.40. The van der Waals surface area contributed by atoms with Crippen molar-refractivity contribution >= 4 is 12.4 Å².